The van der Waals surface area contributed by atoms with Gasteiger partial charge in [-0.1, -0.05) is 6.92 Å². The molecule has 0 fully saturated rings. The highest BCUT2D eigenvalue weighted by Crippen LogP contribution is 2.22. The van der Waals surface area contributed by atoms with Gasteiger partial charge >= 0.3 is 0 Å². The van der Waals surface area contributed by atoms with Crippen LogP contribution in [0, 0.1) is 0 Å². The molecule has 25 heavy (non-hydrogen) atoms. The number of carbonyl (C=O) groups is 1. The van der Waals surface area contributed by atoms with E-state index in [1.807, 2.05) is 6.92 Å². The van der Waals surface area contributed by atoms with Crippen LogP contribution in [0.25, 0.3) is 21.8 Å². The molecule has 4 rings (SSSR count). The number of H-pyrrole nitrogens is 1. The summed E-state index contributed by atoms with van der Waals surface area (Å²) in [5.74, 6) is -0.255. The van der Waals surface area contributed by atoms with Gasteiger partial charge in [0.1, 0.15) is 12.0 Å². The van der Waals surface area contributed by atoms with Gasteiger partial charge in [0.25, 0.3) is 5.91 Å². The second kappa shape index (κ2) is 6.23. The summed E-state index contributed by atoms with van der Waals surface area (Å²) < 4.78 is 0. The molecule has 0 unspecified atom stereocenters. The highest BCUT2D eigenvalue weighted by molar-refractivity contribution is 6.05. The normalized spacial score (nSPS) is 12.4. The van der Waals surface area contributed by atoms with Gasteiger partial charge in [0.15, 0.2) is 0 Å². The van der Waals surface area contributed by atoms with Gasteiger partial charge in [-0.2, -0.15) is 5.10 Å². The summed E-state index contributed by atoms with van der Waals surface area (Å²) in [6, 6.07) is 1.55. The van der Waals surface area contributed by atoms with Crippen molar-refractivity contribution in [3.8, 4) is 0 Å². The number of carbonyl (C=O) groups excluding carboxylic acids is 1. The number of amides is 1. The third kappa shape index (κ3) is 2.78. The van der Waals surface area contributed by atoms with Crippen molar-refractivity contribution in [2.45, 2.75) is 19.4 Å². The second-order valence-corrected chi connectivity index (χ2v) is 5.65. The molecule has 124 valence electrons. The fourth-order valence-electron chi connectivity index (χ4n) is 2.77. The molecule has 0 saturated carbocycles. The fraction of sp³-hybridized carbons (Fsp3) is 0.176. The SMILES string of the molecule is CC[C@H](NC(=O)c1cc2c(cn1)ncc1cn[nH]c12)c1cncnc1. The van der Waals surface area contributed by atoms with Gasteiger partial charge < -0.3 is 5.32 Å². The maximum atomic E-state index is 12.6. The average molecular weight is 333 g/mol. The number of fused-ring (bicyclic) bond motifs is 3. The van der Waals surface area contributed by atoms with Crippen LogP contribution in [-0.2, 0) is 0 Å². The topological polar surface area (TPSA) is 109 Å². The molecule has 1 amide bonds. The molecule has 4 aromatic rings. The number of nitrogens with one attached hydrogen (secondary N) is 2. The van der Waals surface area contributed by atoms with E-state index in [0.717, 1.165) is 28.3 Å². The number of aromatic amines is 1. The van der Waals surface area contributed by atoms with Crippen LogP contribution in [0.1, 0.15) is 35.4 Å². The number of hydrogen-bond donors (Lipinski definition) is 2. The van der Waals surface area contributed by atoms with Gasteiger partial charge in [-0.25, -0.2) is 15.0 Å². The molecule has 4 aromatic heterocycles. The summed E-state index contributed by atoms with van der Waals surface area (Å²) in [5, 5.41) is 11.6. The van der Waals surface area contributed by atoms with E-state index >= 15 is 0 Å². The Morgan fingerprint density at radius 2 is 2.00 bits per heavy atom. The van der Waals surface area contributed by atoms with Gasteiger partial charge in [-0.15, -0.1) is 0 Å². The second-order valence-electron chi connectivity index (χ2n) is 5.65. The zero-order valence-electron chi connectivity index (χ0n) is 13.5. The van der Waals surface area contributed by atoms with E-state index in [4.69, 9.17) is 0 Å². The van der Waals surface area contributed by atoms with Crippen molar-refractivity contribution in [3.63, 3.8) is 0 Å². The lowest BCUT2D eigenvalue weighted by atomic mass is 10.1. The number of nitrogens with zero attached hydrogens (tertiary/aromatic N) is 5. The third-order valence-corrected chi connectivity index (χ3v) is 4.09. The maximum Gasteiger partial charge on any atom is 0.270 e. The van der Waals surface area contributed by atoms with E-state index in [-0.39, 0.29) is 11.9 Å². The van der Waals surface area contributed by atoms with Crippen LogP contribution in [0.3, 0.4) is 0 Å². The van der Waals surface area contributed by atoms with Crippen molar-refractivity contribution in [2.75, 3.05) is 0 Å². The molecule has 8 heteroatoms. The standard InChI is InChI=1S/C17H15N7O/c1-2-13(10-4-18-9-19-5-10)23-17(25)14-3-12-15(8-21-14)20-6-11-7-22-24-16(11)12/h3-9,13H,2H2,1H3,(H,22,24)(H,23,25)/t13-/m0/s1. The molecule has 0 aliphatic heterocycles. The molecule has 8 nitrogen and oxygen atoms in total. The fourth-order valence-corrected chi connectivity index (χ4v) is 2.77. The molecule has 0 bridgehead atoms. The molecular weight excluding hydrogens is 318 g/mol. The summed E-state index contributed by atoms with van der Waals surface area (Å²) >= 11 is 0. The van der Waals surface area contributed by atoms with Crippen LogP contribution in [0.5, 0.6) is 0 Å². The molecule has 1 atom stereocenters. The van der Waals surface area contributed by atoms with E-state index in [9.17, 15) is 4.79 Å². The van der Waals surface area contributed by atoms with Crippen molar-refractivity contribution in [3.05, 3.63) is 54.6 Å². The molecule has 2 N–H and O–H groups in total. The summed E-state index contributed by atoms with van der Waals surface area (Å²) in [6.07, 6.45) is 10.6. The first kappa shape index (κ1) is 15.1. The van der Waals surface area contributed by atoms with Crippen LogP contribution >= 0.6 is 0 Å². The molecule has 0 aliphatic carbocycles. The third-order valence-electron chi connectivity index (χ3n) is 4.09. The summed E-state index contributed by atoms with van der Waals surface area (Å²) in [4.78, 5) is 29.2. The van der Waals surface area contributed by atoms with Crippen LogP contribution in [0.2, 0.25) is 0 Å². The molecule has 4 heterocycles. The zero-order chi connectivity index (χ0) is 17.2. The Hall–Kier alpha value is -3.42. The Kier molecular flexibility index (Phi) is 3.77. The summed E-state index contributed by atoms with van der Waals surface area (Å²) in [7, 11) is 0. The van der Waals surface area contributed by atoms with Crippen molar-refractivity contribution in [1.29, 1.82) is 0 Å². The lowest BCUT2D eigenvalue weighted by Crippen LogP contribution is -2.29. The number of hydrogen-bond acceptors (Lipinski definition) is 6. The number of aromatic nitrogens is 6. The predicted molar refractivity (Wildman–Crippen MR) is 91.7 cm³/mol. The lowest BCUT2D eigenvalue weighted by Gasteiger charge is -2.16. The Labute approximate surface area is 142 Å². The minimum absolute atomic E-state index is 0.174. The number of rotatable bonds is 4. The first-order chi connectivity index (χ1) is 12.3. The van der Waals surface area contributed by atoms with Crippen molar-refractivity contribution in [1.82, 2.24) is 35.5 Å². The van der Waals surface area contributed by atoms with Gasteiger partial charge in [0.2, 0.25) is 0 Å². The van der Waals surface area contributed by atoms with Gasteiger partial charge in [0, 0.05) is 34.9 Å². The van der Waals surface area contributed by atoms with Crippen LogP contribution in [0.4, 0.5) is 0 Å². The first-order valence-corrected chi connectivity index (χ1v) is 7.90. The maximum absolute atomic E-state index is 12.6. The Bertz CT molecular complexity index is 1040. The Morgan fingerprint density at radius 1 is 1.16 bits per heavy atom. The van der Waals surface area contributed by atoms with Gasteiger partial charge in [0.05, 0.1) is 29.5 Å². The zero-order valence-corrected chi connectivity index (χ0v) is 13.5. The van der Waals surface area contributed by atoms with E-state index in [2.05, 4.69) is 35.5 Å². The largest absolute Gasteiger partial charge is 0.344 e. The molecule has 0 spiro atoms. The lowest BCUT2D eigenvalue weighted by molar-refractivity contribution is 0.0930. The monoisotopic (exact) mass is 333 g/mol. The predicted octanol–water partition coefficient (Wildman–Crippen LogP) is 2.18. The highest BCUT2D eigenvalue weighted by Gasteiger charge is 2.16. The molecular formula is C17H15N7O. The van der Waals surface area contributed by atoms with E-state index < -0.39 is 0 Å². The molecule has 0 saturated heterocycles. The summed E-state index contributed by atoms with van der Waals surface area (Å²) in [5.41, 5.74) is 2.73. The average Bonchev–Trinajstić information content (AvgIpc) is 3.15. The first-order valence-electron chi connectivity index (χ1n) is 7.90. The Morgan fingerprint density at radius 3 is 2.80 bits per heavy atom. The molecule has 0 aromatic carbocycles. The quantitative estimate of drug-likeness (QED) is 0.592. The Balaban J connectivity index is 1.67. The van der Waals surface area contributed by atoms with Crippen LogP contribution in [0.15, 0.2) is 43.4 Å². The van der Waals surface area contributed by atoms with E-state index in [1.165, 1.54) is 6.33 Å². The number of pyridine rings is 2. The molecule has 0 aliphatic rings. The molecule has 0 radical (unpaired) electrons. The minimum Gasteiger partial charge on any atom is -0.344 e. The van der Waals surface area contributed by atoms with Gasteiger partial charge in [-0.3, -0.25) is 14.9 Å². The van der Waals surface area contributed by atoms with Crippen LogP contribution < -0.4 is 5.32 Å². The van der Waals surface area contributed by atoms with Gasteiger partial charge in [-0.05, 0) is 12.5 Å². The van der Waals surface area contributed by atoms with E-state index in [0.29, 0.717) is 11.2 Å². The highest BCUT2D eigenvalue weighted by atomic mass is 16.1. The smallest absolute Gasteiger partial charge is 0.270 e. The van der Waals surface area contributed by atoms with Crippen molar-refractivity contribution in [2.24, 2.45) is 0 Å². The van der Waals surface area contributed by atoms with Crippen LogP contribution in [-0.4, -0.2) is 36.0 Å². The minimum atomic E-state index is -0.255. The summed E-state index contributed by atoms with van der Waals surface area (Å²) in [6.45, 7) is 1.99. The van der Waals surface area contributed by atoms with E-state index in [1.54, 1.807) is 37.1 Å². The van der Waals surface area contributed by atoms with Crippen molar-refractivity contribution >= 4 is 27.7 Å². The van der Waals surface area contributed by atoms with Crippen molar-refractivity contribution < 1.29 is 4.79 Å².